The van der Waals surface area contributed by atoms with E-state index in [9.17, 15) is 14.4 Å². The zero-order valence-electron chi connectivity index (χ0n) is 14.5. The van der Waals surface area contributed by atoms with Crippen molar-refractivity contribution in [1.29, 1.82) is 0 Å². The Kier molecular flexibility index (Phi) is 8.61. The molecule has 3 N–H and O–H groups in total. The minimum Gasteiger partial charge on any atom is -0.353 e. The first-order valence-corrected chi connectivity index (χ1v) is 8.52. The molecule has 7 nitrogen and oxygen atoms in total. The lowest BCUT2D eigenvalue weighted by Crippen LogP contribution is -2.49. The van der Waals surface area contributed by atoms with Gasteiger partial charge < -0.3 is 10.6 Å². The summed E-state index contributed by atoms with van der Waals surface area (Å²) in [6.45, 7) is 6.38. The Balaban J connectivity index is 2.31. The van der Waals surface area contributed by atoms with E-state index in [0.29, 0.717) is 6.54 Å². The molecule has 1 aliphatic carbocycles. The molecular formula is C16H30N4O3. The Morgan fingerprint density at radius 1 is 1.04 bits per heavy atom. The minimum atomic E-state index is -0.440. The fourth-order valence-electron chi connectivity index (χ4n) is 2.69. The summed E-state index contributed by atoms with van der Waals surface area (Å²) < 4.78 is 0. The maximum Gasteiger partial charge on any atom is 0.321 e. The molecule has 0 aromatic heterocycles. The van der Waals surface area contributed by atoms with Gasteiger partial charge in [-0.05, 0) is 33.2 Å². The van der Waals surface area contributed by atoms with Crippen LogP contribution in [0.1, 0.15) is 52.9 Å². The number of hydrogen-bond acceptors (Lipinski definition) is 4. The fraction of sp³-hybridized carbons (Fsp3) is 0.812. The van der Waals surface area contributed by atoms with E-state index in [4.69, 9.17) is 0 Å². The van der Waals surface area contributed by atoms with E-state index >= 15 is 0 Å². The van der Waals surface area contributed by atoms with Crippen molar-refractivity contribution in [2.75, 3.05) is 19.6 Å². The van der Waals surface area contributed by atoms with Gasteiger partial charge in [-0.15, -0.1) is 0 Å². The summed E-state index contributed by atoms with van der Waals surface area (Å²) in [6.07, 6.45) is 5.39. The van der Waals surface area contributed by atoms with Gasteiger partial charge in [-0.1, -0.05) is 26.2 Å². The van der Waals surface area contributed by atoms with Gasteiger partial charge in [0.25, 0.3) is 0 Å². The second kappa shape index (κ2) is 10.2. The first-order valence-electron chi connectivity index (χ1n) is 8.52. The molecule has 0 saturated heterocycles. The van der Waals surface area contributed by atoms with Crippen LogP contribution < -0.4 is 16.0 Å². The number of urea groups is 1. The van der Waals surface area contributed by atoms with Gasteiger partial charge in [0.05, 0.1) is 13.1 Å². The summed E-state index contributed by atoms with van der Waals surface area (Å²) in [7, 11) is 0. The summed E-state index contributed by atoms with van der Waals surface area (Å²) in [6, 6.07) is -0.212. The van der Waals surface area contributed by atoms with E-state index in [2.05, 4.69) is 16.0 Å². The summed E-state index contributed by atoms with van der Waals surface area (Å²) in [5.74, 6) is -0.515. The van der Waals surface area contributed by atoms with Gasteiger partial charge in [0.2, 0.25) is 11.8 Å². The van der Waals surface area contributed by atoms with Crippen LogP contribution in [0, 0.1) is 0 Å². The summed E-state index contributed by atoms with van der Waals surface area (Å²) >= 11 is 0. The van der Waals surface area contributed by atoms with Crippen molar-refractivity contribution in [3.05, 3.63) is 0 Å². The Morgan fingerprint density at radius 2 is 1.65 bits per heavy atom. The molecule has 0 aromatic rings. The lowest BCUT2D eigenvalue weighted by Gasteiger charge is -2.23. The first kappa shape index (κ1) is 19.4. The third kappa shape index (κ3) is 8.54. The van der Waals surface area contributed by atoms with Gasteiger partial charge >= 0.3 is 6.03 Å². The molecule has 0 heterocycles. The molecule has 0 atom stereocenters. The average Bonchev–Trinajstić information content (AvgIpc) is 2.46. The number of nitrogens with zero attached hydrogens (tertiary/aromatic N) is 1. The summed E-state index contributed by atoms with van der Waals surface area (Å²) in [5, 5.41) is 7.97. The van der Waals surface area contributed by atoms with Crippen LogP contribution in [0.3, 0.4) is 0 Å². The second-order valence-corrected chi connectivity index (χ2v) is 6.38. The van der Waals surface area contributed by atoms with Crippen LogP contribution in [0.5, 0.6) is 0 Å². The topological polar surface area (TPSA) is 90.5 Å². The SMILES string of the molecule is CCN(CC(=O)NC(=O)NC1CCCCC1)CC(=O)NC(C)C. The highest BCUT2D eigenvalue weighted by Crippen LogP contribution is 2.17. The highest BCUT2D eigenvalue weighted by Gasteiger charge is 2.18. The third-order valence-corrected chi connectivity index (χ3v) is 3.82. The normalized spacial score (nSPS) is 15.5. The van der Waals surface area contributed by atoms with E-state index in [1.54, 1.807) is 4.90 Å². The summed E-state index contributed by atoms with van der Waals surface area (Å²) in [5.41, 5.74) is 0. The number of carbonyl (C=O) groups excluding carboxylic acids is 3. The molecule has 1 saturated carbocycles. The smallest absolute Gasteiger partial charge is 0.321 e. The minimum absolute atomic E-state index is 0.0279. The maximum atomic E-state index is 11.9. The lowest BCUT2D eigenvalue weighted by molar-refractivity contribution is -0.124. The molecule has 0 aliphatic heterocycles. The standard InChI is InChI=1S/C16H30N4O3/c1-4-20(10-14(21)17-12(2)3)11-15(22)19-16(23)18-13-8-6-5-7-9-13/h12-13H,4-11H2,1-3H3,(H,17,21)(H2,18,19,22,23). The molecule has 0 radical (unpaired) electrons. The molecular weight excluding hydrogens is 296 g/mol. The van der Waals surface area contributed by atoms with Gasteiger partial charge in [0, 0.05) is 12.1 Å². The highest BCUT2D eigenvalue weighted by molar-refractivity contribution is 5.95. The Morgan fingerprint density at radius 3 is 2.22 bits per heavy atom. The van der Waals surface area contributed by atoms with Crippen LogP contribution in [-0.4, -0.2) is 54.5 Å². The number of amides is 4. The van der Waals surface area contributed by atoms with Gasteiger partial charge in [0.15, 0.2) is 0 Å². The monoisotopic (exact) mass is 326 g/mol. The van der Waals surface area contributed by atoms with Crippen molar-refractivity contribution in [2.24, 2.45) is 0 Å². The molecule has 0 bridgehead atoms. The van der Waals surface area contributed by atoms with Crippen molar-refractivity contribution in [3.8, 4) is 0 Å². The van der Waals surface area contributed by atoms with Crippen LogP contribution in [0.4, 0.5) is 4.79 Å². The molecule has 0 aromatic carbocycles. The molecule has 1 fully saturated rings. The first-order chi connectivity index (χ1) is 10.9. The fourth-order valence-corrected chi connectivity index (χ4v) is 2.69. The van der Waals surface area contributed by atoms with Crippen LogP contribution in [0.2, 0.25) is 0 Å². The van der Waals surface area contributed by atoms with Gasteiger partial charge in [-0.3, -0.25) is 19.8 Å². The number of hydrogen-bond donors (Lipinski definition) is 3. The molecule has 4 amide bonds. The van der Waals surface area contributed by atoms with Crippen LogP contribution in [0.15, 0.2) is 0 Å². The Labute approximate surface area is 138 Å². The van der Waals surface area contributed by atoms with E-state index in [-0.39, 0.29) is 31.1 Å². The zero-order valence-corrected chi connectivity index (χ0v) is 14.5. The maximum absolute atomic E-state index is 11.9. The van der Waals surface area contributed by atoms with Crippen molar-refractivity contribution in [3.63, 3.8) is 0 Å². The number of imide groups is 1. The van der Waals surface area contributed by atoms with Gasteiger partial charge in [-0.25, -0.2) is 4.79 Å². The number of carbonyl (C=O) groups is 3. The van der Waals surface area contributed by atoms with Crippen molar-refractivity contribution in [2.45, 2.75) is 65.0 Å². The zero-order chi connectivity index (χ0) is 17.2. The molecule has 0 unspecified atom stereocenters. The number of nitrogens with one attached hydrogen (secondary N) is 3. The average molecular weight is 326 g/mol. The quantitative estimate of drug-likeness (QED) is 0.651. The second-order valence-electron chi connectivity index (χ2n) is 6.38. The highest BCUT2D eigenvalue weighted by atomic mass is 16.2. The van der Waals surface area contributed by atoms with Crippen LogP contribution >= 0.6 is 0 Å². The summed E-state index contributed by atoms with van der Waals surface area (Å²) in [4.78, 5) is 37.2. The van der Waals surface area contributed by atoms with E-state index in [1.165, 1.54) is 6.42 Å². The predicted molar refractivity (Wildman–Crippen MR) is 88.9 cm³/mol. The molecule has 1 aliphatic rings. The van der Waals surface area contributed by atoms with Crippen molar-refractivity contribution < 1.29 is 14.4 Å². The van der Waals surface area contributed by atoms with Crippen molar-refractivity contribution >= 4 is 17.8 Å². The van der Waals surface area contributed by atoms with Crippen LogP contribution in [-0.2, 0) is 9.59 Å². The van der Waals surface area contributed by atoms with Crippen LogP contribution in [0.25, 0.3) is 0 Å². The molecule has 0 spiro atoms. The Hall–Kier alpha value is -1.63. The molecule has 7 heteroatoms. The van der Waals surface area contributed by atoms with Gasteiger partial charge in [-0.2, -0.15) is 0 Å². The largest absolute Gasteiger partial charge is 0.353 e. The molecule has 1 rings (SSSR count). The number of rotatable bonds is 7. The van der Waals surface area contributed by atoms with E-state index < -0.39 is 11.9 Å². The van der Waals surface area contributed by atoms with E-state index in [1.807, 2.05) is 20.8 Å². The van der Waals surface area contributed by atoms with Crippen molar-refractivity contribution in [1.82, 2.24) is 20.9 Å². The lowest BCUT2D eigenvalue weighted by atomic mass is 9.96. The number of likely N-dealkylation sites (N-methyl/N-ethyl adjacent to an activating group) is 1. The predicted octanol–water partition coefficient (Wildman–Crippen LogP) is 0.991. The van der Waals surface area contributed by atoms with E-state index in [0.717, 1.165) is 25.7 Å². The molecule has 132 valence electrons. The molecule has 23 heavy (non-hydrogen) atoms. The van der Waals surface area contributed by atoms with Gasteiger partial charge in [0.1, 0.15) is 0 Å². The Bertz CT molecular complexity index is 406. The third-order valence-electron chi connectivity index (χ3n) is 3.82.